The van der Waals surface area contributed by atoms with Crippen molar-refractivity contribution in [2.75, 3.05) is 18.4 Å². The van der Waals surface area contributed by atoms with Gasteiger partial charge in [-0.1, -0.05) is 43.7 Å². The molecule has 2 aromatic rings. The molecule has 1 atom stereocenters. The second-order valence-electron chi connectivity index (χ2n) is 9.46. The second kappa shape index (κ2) is 10.7. The second-order valence-corrected chi connectivity index (χ2v) is 11.4. The van der Waals surface area contributed by atoms with Gasteiger partial charge in [0.2, 0.25) is 21.8 Å². The number of anilines is 1. The van der Waals surface area contributed by atoms with E-state index in [4.69, 9.17) is 0 Å². The summed E-state index contributed by atoms with van der Waals surface area (Å²) < 4.78 is 27.3. The van der Waals surface area contributed by atoms with Gasteiger partial charge < -0.3 is 10.6 Å². The molecule has 0 aromatic heterocycles. The van der Waals surface area contributed by atoms with Crippen LogP contribution in [-0.2, 0) is 19.6 Å². The van der Waals surface area contributed by atoms with Crippen LogP contribution in [0.4, 0.5) is 5.69 Å². The first-order valence-corrected chi connectivity index (χ1v) is 13.2. The third kappa shape index (κ3) is 5.85. The fourth-order valence-electron chi connectivity index (χ4n) is 4.12. The molecule has 0 radical (unpaired) electrons. The van der Waals surface area contributed by atoms with Gasteiger partial charge in [0.15, 0.2) is 0 Å². The molecule has 8 heteroatoms. The van der Waals surface area contributed by atoms with Gasteiger partial charge in [0, 0.05) is 24.7 Å². The molecular formula is C26H35N3O4S. The normalized spacial score (nSPS) is 16.3. The Morgan fingerprint density at radius 1 is 0.971 bits per heavy atom. The van der Waals surface area contributed by atoms with Gasteiger partial charge in [-0.25, -0.2) is 8.42 Å². The van der Waals surface area contributed by atoms with Crippen molar-refractivity contribution in [1.29, 1.82) is 0 Å². The molecule has 1 aliphatic rings. The highest BCUT2D eigenvalue weighted by molar-refractivity contribution is 7.89. The maximum atomic E-state index is 13.0. The summed E-state index contributed by atoms with van der Waals surface area (Å²) >= 11 is 0. The summed E-state index contributed by atoms with van der Waals surface area (Å²) in [6.45, 7) is 10.2. The van der Waals surface area contributed by atoms with Crippen LogP contribution < -0.4 is 10.6 Å². The van der Waals surface area contributed by atoms with Gasteiger partial charge in [0.1, 0.15) is 6.04 Å². The molecule has 7 nitrogen and oxygen atoms in total. The number of sulfonamides is 1. The minimum absolute atomic E-state index is 0.101. The van der Waals surface area contributed by atoms with Crippen molar-refractivity contribution in [3.05, 3.63) is 59.2 Å². The maximum Gasteiger partial charge on any atom is 0.247 e. The highest BCUT2D eigenvalue weighted by Gasteiger charge is 2.34. The summed E-state index contributed by atoms with van der Waals surface area (Å²) in [7, 11) is -3.58. The van der Waals surface area contributed by atoms with E-state index >= 15 is 0 Å². The highest BCUT2D eigenvalue weighted by Crippen LogP contribution is 2.25. The average molecular weight is 486 g/mol. The number of carbonyl (C=O) groups excluding carboxylic acids is 2. The largest absolute Gasteiger partial charge is 0.344 e. The number of rotatable bonds is 7. The lowest BCUT2D eigenvalue weighted by atomic mass is 9.95. The first kappa shape index (κ1) is 25.9. The van der Waals surface area contributed by atoms with E-state index in [2.05, 4.69) is 10.6 Å². The molecule has 2 aromatic carbocycles. The predicted octanol–water partition coefficient (Wildman–Crippen LogP) is 3.79. The Kier molecular flexibility index (Phi) is 8.15. The summed E-state index contributed by atoms with van der Waals surface area (Å²) in [5, 5.41) is 5.86. The molecule has 1 fully saturated rings. The van der Waals surface area contributed by atoms with Crippen LogP contribution in [0.2, 0.25) is 0 Å². The highest BCUT2D eigenvalue weighted by atomic mass is 32.2. The third-order valence-electron chi connectivity index (χ3n) is 6.59. The molecule has 34 heavy (non-hydrogen) atoms. The molecule has 0 saturated carbocycles. The third-order valence-corrected chi connectivity index (χ3v) is 8.51. The van der Waals surface area contributed by atoms with Crippen molar-refractivity contribution < 1.29 is 18.0 Å². The number of aryl methyl sites for hydroxylation is 2. The minimum Gasteiger partial charge on any atom is -0.344 e. The van der Waals surface area contributed by atoms with Crippen molar-refractivity contribution in [1.82, 2.24) is 9.62 Å². The Balaban J connectivity index is 1.61. The molecule has 1 heterocycles. The molecule has 0 bridgehead atoms. The first-order valence-electron chi connectivity index (χ1n) is 11.7. The molecule has 2 amide bonds. The monoisotopic (exact) mass is 485 g/mol. The van der Waals surface area contributed by atoms with Crippen molar-refractivity contribution >= 4 is 27.5 Å². The van der Waals surface area contributed by atoms with Crippen LogP contribution in [0.1, 0.15) is 43.4 Å². The van der Waals surface area contributed by atoms with Crippen LogP contribution in [0.3, 0.4) is 0 Å². The van der Waals surface area contributed by atoms with Gasteiger partial charge in [-0.05, 0) is 68.9 Å². The summed E-state index contributed by atoms with van der Waals surface area (Å²) in [5.41, 5.74) is 3.80. The standard InChI is InChI=1S/C26H35N3O4S/c1-17(2)24(26(31)27-23-8-6-7-19(4)20(23)5)28-25(30)21-13-15-29(16-14-21)34(32,33)22-11-9-18(3)10-12-22/h6-12,17,21,24H,13-16H2,1-5H3,(H,27,31)(H,28,30). The van der Waals surface area contributed by atoms with Gasteiger partial charge in [-0.15, -0.1) is 0 Å². The zero-order valence-electron chi connectivity index (χ0n) is 20.6. The Hall–Kier alpha value is -2.71. The molecule has 0 aliphatic carbocycles. The SMILES string of the molecule is Cc1ccc(S(=O)(=O)N2CCC(C(=O)NC(C(=O)Nc3cccc(C)c3C)C(C)C)CC2)cc1. The fourth-order valence-corrected chi connectivity index (χ4v) is 5.59. The lowest BCUT2D eigenvalue weighted by Crippen LogP contribution is -2.51. The smallest absolute Gasteiger partial charge is 0.247 e. The van der Waals surface area contributed by atoms with Crippen molar-refractivity contribution in [2.45, 2.75) is 58.4 Å². The summed E-state index contributed by atoms with van der Waals surface area (Å²) in [5.74, 6) is -0.895. The first-order chi connectivity index (χ1) is 16.0. The zero-order chi connectivity index (χ0) is 25.0. The molecule has 3 rings (SSSR count). The molecule has 1 saturated heterocycles. The quantitative estimate of drug-likeness (QED) is 0.624. The van der Waals surface area contributed by atoms with Crippen molar-refractivity contribution in [3.8, 4) is 0 Å². The molecule has 2 N–H and O–H groups in total. The average Bonchev–Trinajstić information content (AvgIpc) is 2.80. The number of nitrogens with zero attached hydrogens (tertiary/aromatic N) is 1. The number of nitrogens with one attached hydrogen (secondary N) is 2. The van der Waals surface area contributed by atoms with Crippen LogP contribution >= 0.6 is 0 Å². The zero-order valence-corrected chi connectivity index (χ0v) is 21.4. The Bertz CT molecular complexity index is 1140. The molecule has 1 aliphatic heterocycles. The van der Waals surface area contributed by atoms with Crippen molar-refractivity contribution in [2.24, 2.45) is 11.8 Å². The molecular weight excluding hydrogens is 450 g/mol. The van der Waals surface area contributed by atoms with Crippen LogP contribution in [0.15, 0.2) is 47.4 Å². The Morgan fingerprint density at radius 2 is 1.59 bits per heavy atom. The minimum atomic E-state index is -3.58. The van der Waals surface area contributed by atoms with Gasteiger partial charge >= 0.3 is 0 Å². The lowest BCUT2D eigenvalue weighted by Gasteiger charge is -2.32. The Morgan fingerprint density at radius 3 is 2.18 bits per heavy atom. The van der Waals surface area contributed by atoms with Gasteiger partial charge in [-0.2, -0.15) is 4.31 Å². The summed E-state index contributed by atoms with van der Waals surface area (Å²) in [6, 6.07) is 11.8. The number of piperidine rings is 1. The molecule has 184 valence electrons. The topological polar surface area (TPSA) is 95.6 Å². The van der Waals surface area contributed by atoms with Gasteiger partial charge in [0.05, 0.1) is 4.90 Å². The van der Waals surface area contributed by atoms with Crippen molar-refractivity contribution in [3.63, 3.8) is 0 Å². The number of hydrogen-bond donors (Lipinski definition) is 2. The summed E-state index contributed by atoms with van der Waals surface area (Å²) in [6.07, 6.45) is 0.834. The summed E-state index contributed by atoms with van der Waals surface area (Å²) in [4.78, 5) is 26.3. The van der Waals surface area contributed by atoms with Gasteiger partial charge in [-0.3, -0.25) is 9.59 Å². The van der Waals surface area contributed by atoms with E-state index < -0.39 is 16.1 Å². The number of benzene rings is 2. The van der Waals surface area contributed by atoms with Crippen LogP contribution in [0, 0.1) is 32.6 Å². The fraction of sp³-hybridized carbons (Fsp3) is 0.462. The van der Waals surface area contributed by atoms with E-state index in [0.717, 1.165) is 22.4 Å². The van der Waals surface area contributed by atoms with Crippen LogP contribution in [0.25, 0.3) is 0 Å². The predicted molar refractivity (Wildman–Crippen MR) is 134 cm³/mol. The van der Waals surface area contributed by atoms with Crippen LogP contribution in [-0.4, -0.2) is 43.7 Å². The van der Waals surface area contributed by atoms with Gasteiger partial charge in [0.25, 0.3) is 0 Å². The number of amides is 2. The van der Waals surface area contributed by atoms with E-state index in [1.165, 1.54) is 4.31 Å². The van der Waals surface area contributed by atoms with E-state index in [1.807, 2.05) is 52.8 Å². The van der Waals surface area contributed by atoms with E-state index in [-0.39, 0.29) is 41.6 Å². The number of hydrogen-bond acceptors (Lipinski definition) is 4. The van der Waals surface area contributed by atoms with E-state index in [9.17, 15) is 18.0 Å². The number of carbonyl (C=O) groups is 2. The molecule has 1 unspecified atom stereocenters. The molecule has 0 spiro atoms. The van der Waals surface area contributed by atoms with Crippen LogP contribution in [0.5, 0.6) is 0 Å². The maximum absolute atomic E-state index is 13.0. The van der Waals surface area contributed by atoms with E-state index in [1.54, 1.807) is 24.3 Å². The Labute approximate surface area is 203 Å². The lowest BCUT2D eigenvalue weighted by molar-refractivity contribution is -0.130. The van der Waals surface area contributed by atoms with E-state index in [0.29, 0.717) is 12.8 Å².